The lowest BCUT2D eigenvalue weighted by Gasteiger charge is -2.37. The van der Waals surface area contributed by atoms with E-state index in [9.17, 15) is 9.90 Å². The quantitative estimate of drug-likeness (QED) is 0.513. The Balaban J connectivity index is 1.58. The van der Waals surface area contributed by atoms with Crippen LogP contribution in [0.1, 0.15) is 72.3 Å². The van der Waals surface area contributed by atoms with E-state index < -0.39 is 5.97 Å². The minimum absolute atomic E-state index is 0.0673. The molecule has 4 heteroatoms. The fraction of sp³-hybridized carbons (Fsp3) is 0.593. The highest BCUT2D eigenvalue weighted by atomic mass is 16.5. The molecule has 2 unspecified atom stereocenters. The van der Waals surface area contributed by atoms with Crippen molar-refractivity contribution in [1.29, 1.82) is 0 Å². The summed E-state index contributed by atoms with van der Waals surface area (Å²) in [7, 11) is 0. The zero-order chi connectivity index (χ0) is 22.6. The lowest BCUT2D eigenvalue weighted by Crippen LogP contribution is -2.37. The molecular formula is C27H39NO3. The Hall–Kier alpha value is -2.07. The van der Waals surface area contributed by atoms with Crippen molar-refractivity contribution in [3.05, 3.63) is 42.0 Å². The van der Waals surface area contributed by atoms with Gasteiger partial charge in [0.15, 0.2) is 0 Å². The van der Waals surface area contributed by atoms with E-state index in [-0.39, 0.29) is 12.0 Å². The number of fused-ring (bicyclic) bond motifs is 1. The maximum Gasteiger partial charge on any atom is 0.308 e. The van der Waals surface area contributed by atoms with Crippen LogP contribution in [0.3, 0.4) is 0 Å². The zero-order valence-electron chi connectivity index (χ0n) is 19.8. The van der Waals surface area contributed by atoms with Crippen LogP contribution < -0.4 is 10.1 Å². The third-order valence-electron chi connectivity index (χ3n) is 7.07. The molecule has 3 rings (SSSR count). The normalized spacial score (nSPS) is 21.6. The molecule has 1 aliphatic carbocycles. The van der Waals surface area contributed by atoms with Gasteiger partial charge in [-0.3, -0.25) is 4.79 Å². The minimum atomic E-state index is -0.736. The van der Waals surface area contributed by atoms with Crippen LogP contribution in [0.5, 0.6) is 5.75 Å². The van der Waals surface area contributed by atoms with Crippen LogP contribution in [-0.4, -0.2) is 23.2 Å². The number of rotatable bonds is 8. The molecule has 0 heterocycles. The summed E-state index contributed by atoms with van der Waals surface area (Å²) in [6.07, 6.45) is 5.72. The maximum atomic E-state index is 11.3. The molecule has 170 valence electrons. The molecule has 2 aromatic rings. The summed E-state index contributed by atoms with van der Waals surface area (Å²) in [6.45, 7) is 11.6. The van der Waals surface area contributed by atoms with Gasteiger partial charge in [-0.25, -0.2) is 0 Å². The molecule has 0 spiro atoms. The van der Waals surface area contributed by atoms with E-state index in [2.05, 4.69) is 62.5 Å². The molecule has 0 radical (unpaired) electrons. The van der Waals surface area contributed by atoms with Crippen molar-refractivity contribution in [2.75, 3.05) is 0 Å². The van der Waals surface area contributed by atoms with Gasteiger partial charge in [-0.15, -0.1) is 0 Å². The fourth-order valence-corrected chi connectivity index (χ4v) is 4.86. The topological polar surface area (TPSA) is 58.6 Å². The van der Waals surface area contributed by atoms with E-state index in [0.29, 0.717) is 24.5 Å². The van der Waals surface area contributed by atoms with Gasteiger partial charge in [0.2, 0.25) is 0 Å². The molecule has 0 aromatic heterocycles. The van der Waals surface area contributed by atoms with E-state index in [0.717, 1.165) is 30.1 Å². The number of nitrogens with one attached hydrogen (secondary N) is 1. The van der Waals surface area contributed by atoms with Gasteiger partial charge in [0.25, 0.3) is 0 Å². The fourth-order valence-electron chi connectivity index (χ4n) is 4.86. The average Bonchev–Trinajstić information content (AvgIpc) is 2.72. The van der Waals surface area contributed by atoms with E-state index in [1.807, 2.05) is 13.8 Å². The van der Waals surface area contributed by atoms with Gasteiger partial charge < -0.3 is 15.2 Å². The van der Waals surface area contributed by atoms with Gasteiger partial charge in [-0.05, 0) is 84.9 Å². The molecule has 1 fully saturated rings. The molecule has 0 bridgehead atoms. The van der Waals surface area contributed by atoms with Gasteiger partial charge in [0.1, 0.15) is 5.75 Å². The third kappa shape index (κ3) is 6.22. The van der Waals surface area contributed by atoms with Gasteiger partial charge >= 0.3 is 5.97 Å². The Morgan fingerprint density at radius 1 is 1.10 bits per heavy atom. The van der Waals surface area contributed by atoms with Crippen molar-refractivity contribution in [2.45, 2.75) is 85.4 Å². The summed E-state index contributed by atoms with van der Waals surface area (Å²) in [4.78, 5) is 11.3. The Bertz CT molecular complexity index is 878. The molecule has 0 saturated heterocycles. The van der Waals surface area contributed by atoms with Crippen molar-refractivity contribution < 1.29 is 14.6 Å². The lowest BCUT2D eigenvalue weighted by atomic mass is 9.72. The first-order valence-electron chi connectivity index (χ1n) is 11.8. The maximum absolute atomic E-state index is 11.3. The van der Waals surface area contributed by atoms with Crippen molar-refractivity contribution in [1.82, 2.24) is 5.32 Å². The van der Waals surface area contributed by atoms with Crippen LogP contribution in [0.15, 0.2) is 36.4 Å². The Kier molecular flexibility index (Phi) is 7.64. The summed E-state index contributed by atoms with van der Waals surface area (Å²) in [6, 6.07) is 12.7. The number of carboxylic acids is 1. The number of carbonyl (C=O) groups is 1. The van der Waals surface area contributed by atoms with Crippen LogP contribution in [0.2, 0.25) is 0 Å². The molecular weight excluding hydrogens is 386 g/mol. The number of hydrogen-bond donors (Lipinski definition) is 2. The van der Waals surface area contributed by atoms with E-state index in [1.165, 1.54) is 23.6 Å². The molecule has 1 aliphatic rings. The first kappa shape index (κ1) is 23.6. The van der Waals surface area contributed by atoms with Crippen LogP contribution in [0, 0.1) is 17.3 Å². The summed E-state index contributed by atoms with van der Waals surface area (Å²) in [5.74, 6) is 0.652. The monoisotopic (exact) mass is 425 g/mol. The number of carboxylic acid groups (broad SMARTS) is 1. The summed E-state index contributed by atoms with van der Waals surface area (Å²) < 4.78 is 6.33. The average molecular weight is 426 g/mol. The van der Waals surface area contributed by atoms with E-state index in [1.54, 1.807) is 0 Å². The van der Waals surface area contributed by atoms with Crippen LogP contribution in [-0.2, 0) is 11.3 Å². The van der Waals surface area contributed by atoms with Gasteiger partial charge in [0.05, 0.1) is 12.0 Å². The predicted octanol–water partition coefficient (Wildman–Crippen LogP) is 6.41. The summed E-state index contributed by atoms with van der Waals surface area (Å²) in [5, 5.41) is 15.0. The van der Waals surface area contributed by atoms with Gasteiger partial charge in [-0.2, -0.15) is 0 Å². The molecule has 1 saturated carbocycles. The zero-order valence-corrected chi connectivity index (χ0v) is 19.8. The van der Waals surface area contributed by atoms with Crippen molar-refractivity contribution in [3.8, 4) is 5.75 Å². The molecule has 4 nitrogen and oxygen atoms in total. The van der Waals surface area contributed by atoms with Crippen molar-refractivity contribution in [3.63, 3.8) is 0 Å². The second kappa shape index (κ2) is 10.0. The number of hydrogen-bond acceptors (Lipinski definition) is 3. The van der Waals surface area contributed by atoms with Crippen molar-refractivity contribution in [2.24, 2.45) is 17.3 Å². The molecule has 0 aliphatic heterocycles. The number of aliphatic carboxylic acids is 1. The van der Waals surface area contributed by atoms with Gasteiger partial charge in [-0.1, -0.05) is 45.9 Å². The first-order valence-corrected chi connectivity index (χ1v) is 11.8. The molecule has 2 atom stereocenters. The third-order valence-corrected chi connectivity index (χ3v) is 7.07. The Labute approximate surface area is 187 Å². The van der Waals surface area contributed by atoms with Crippen LogP contribution in [0.25, 0.3) is 10.8 Å². The molecule has 2 N–H and O–H groups in total. The minimum Gasteiger partial charge on any atom is -0.490 e. The second-order valence-corrected chi connectivity index (χ2v) is 10.3. The Morgan fingerprint density at radius 3 is 2.35 bits per heavy atom. The standard InChI is InChI=1S/C27H39NO3/c1-6-25(26(29)30)18(2)28-17-19-7-8-21-16-24(12-9-20(21)15-19)31-23-13-10-22(11-14-23)27(3,4)5/h7-9,12,15-16,18,22-23,25,28H,6,10-11,13-14,17H2,1-5H3,(H,29,30). The van der Waals surface area contributed by atoms with Crippen LogP contribution >= 0.6 is 0 Å². The largest absolute Gasteiger partial charge is 0.490 e. The lowest BCUT2D eigenvalue weighted by molar-refractivity contribution is -0.142. The SMILES string of the molecule is CCC(C(=O)O)C(C)NCc1ccc2cc(OC3CCC(C(C)(C)C)CC3)ccc2c1. The second-order valence-electron chi connectivity index (χ2n) is 10.3. The first-order chi connectivity index (χ1) is 14.7. The highest BCUT2D eigenvalue weighted by Gasteiger charge is 2.30. The molecule has 0 amide bonds. The molecule has 2 aromatic carbocycles. The van der Waals surface area contributed by atoms with E-state index in [4.69, 9.17) is 4.74 Å². The summed E-state index contributed by atoms with van der Waals surface area (Å²) in [5.41, 5.74) is 1.55. The predicted molar refractivity (Wildman–Crippen MR) is 127 cm³/mol. The molecule has 31 heavy (non-hydrogen) atoms. The number of benzene rings is 2. The Morgan fingerprint density at radius 2 is 1.74 bits per heavy atom. The van der Waals surface area contributed by atoms with Crippen molar-refractivity contribution >= 4 is 16.7 Å². The number of ether oxygens (including phenoxy) is 1. The highest BCUT2D eigenvalue weighted by molar-refractivity contribution is 5.84. The highest BCUT2D eigenvalue weighted by Crippen LogP contribution is 2.39. The van der Waals surface area contributed by atoms with Crippen LogP contribution in [0.4, 0.5) is 0 Å². The van der Waals surface area contributed by atoms with E-state index >= 15 is 0 Å². The van der Waals surface area contributed by atoms with Gasteiger partial charge in [0, 0.05) is 12.6 Å². The summed E-state index contributed by atoms with van der Waals surface area (Å²) >= 11 is 0. The smallest absolute Gasteiger partial charge is 0.308 e.